The molecule has 0 amide bonds. The van der Waals surface area contributed by atoms with Crippen LogP contribution in [0.3, 0.4) is 0 Å². The van der Waals surface area contributed by atoms with Crippen LogP contribution >= 0.6 is 0 Å². The molecule has 0 aromatic carbocycles. The van der Waals surface area contributed by atoms with Gasteiger partial charge in [-0.15, -0.1) is 0 Å². The van der Waals surface area contributed by atoms with Gasteiger partial charge in [0, 0.05) is 18.5 Å². The molecule has 2 rings (SSSR count). The quantitative estimate of drug-likeness (QED) is 0.677. The molecular formula is C9H11N5O. The summed E-state index contributed by atoms with van der Waals surface area (Å²) in [6.45, 7) is 2.25. The summed E-state index contributed by atoms with van der Waals surface area (Å²) < 4.78 is 0. The molecule has 2 aromatic rings. The lowest BCUT2D eigenvalue weighted by molar-refractivity contribution is 0.958. The zero-order valence-electron chi connectivity index (χ0n) is 8.24. The van der Waals surface area contributed by atoms with E-state index in [1.807, 2.05) is 0 Å². The van der Waals surface area contributed by atoms with Crippen molar-refractivity contribution in [3.63, 3.8) is 0 Å². The van der Waals surface area contributed by atoms with Crippen LogP contribution < -0.4 is 10.9 Å². The fourth-order valence-electron chi connectivity index (χ4n) is 1.24. The lowest BCUT2D eigenvalue weighted by Gasteiger charge is -2.03. The Kier molecular flexibility index (Phi) is 2.49. The topological polar surface area (TPSA) is 86.5 Å². The van der Waals surface area contributed by atoms with E-state index >= 15 is 0 Å². The minimum atomic E-state index is -0.163. The normalized spacial score (nSPS) is 10.2. The number of rotatable bonds is 3. The Morgan fingerprint density at radius 1 is 1.53 bits per heavy atom. The third-order valence-corrected chi connectivity index (χ3v) is 1.85. The standard InChI is InChI=1S/C9H11N5O/c1-6-13-7(4-9(15)14-6)12-5-8-10-2-3-11-8/h2-4H,5H2,1H3,(H,10,11)(H2,12,13,14,15). The Balaban J connectivity index is 2.08. The minimum Gasteiger partial charge on any atom is -0.363 e. The fraction of sp³-hybridized carbons (Fsp3) is 0.222. The number of hydrogen-bond acceptors (Lipinski definition) is 4. The minimum absolute atomic E-state index is 0.163. The lowest BCUT2D eigenvalue weighted by atomic mass is 10.5. The predicted molar refractivity (Wildman–Crippen MR) is 55.5 cm³/mol. The van der Waals surface area contributed by atoms with Crippen molar-refractivity contribution < 1.29 is 0 Å². The predicted octanol–water partition coefficient (Wildman–Crippen LogP) is 0.414. The van der Waals surface area contributed by atoms with Crippen LogP contribution in [0.15, 0.2) is 23.3 Å². The fourth-order valence-corrected chi connectivity index (χ4v) is 1.24. The summed E-state index contributed by atoms with van der Waals surface area (Å²) in [6, 6.07) is 1.41. The number of nitrogens with one attached hydrogen (secondary N) is 3. The molecule has 78 valence electrons. The monoisotopic (exact) mass is 205 g/mol. The van der Waals surface area contributed by atoms with Gasteiger partial charge in [0.2, 0.25) is 0 Å². The Labute approximate surface area is 85.8 Å². The van der Waals surface area contributed by atoms with Crippen LogP contribution in [0.2, 0.25) is 0 Å². The zero-order chi connectivity index (χ0) is 10.7. The SMILES string of the molecule is Cc1nc(NCc2ncc[nH]2)cc(=O)[nH]1. The van der Waals surface area contributed by atoms with Crippen molar-refractivity contribution in [1.82, 2.24) is 19.9 Å². The number of hydrogen-bond donors (Lipinski definition) is 3. The highest BCUT2D eigenvalue weighted by Gasteiger charge is 1.98. The average Bonchev–Trinajstić information content (AvgIpc) is 2.65. The highest BCUT2D eigenvalue weighted by atomic mass is 16.1. The number of anilines is 1. The van der Waals surface area contributed by atoms with Crippen molar-refractivity contribution >= 4 is 5.82 Å². The van der Waals surface area contributed by atoms with Crippen molar-refractivity contribution in [3.05, 3.63) is 40.5 Å². The van der Waals surface area contributed by atoms with Gasteiger partial charge in [-0.2, -0.15) is 0 Å². The van der Waals surface area contributed by atoms with E-state index in [9.17, 15) is 4.79 Å². The smallest absolute Gasteiger partial charge is 0.252 e. The van der Waals surface area contributed by atoms with Crippen LogP contribution in [0.1, 0.15) is 11.6 Å². The van der Waals surface area contributed by atoms with Crippen molar-refractivity contribution in [2.75, 3.05) is 5.32 Å². The Bertz CT molecular complexity index is 487. The van der Waals surface area contributed by atoms with Crippen LogP contribution in [0.5, 0.6) is 0 Å². The highest BCUT2D eigenvalue weighted by Crippen LogP contribution is 2.00. The first-order chi connectivity index (χ1) is 7.24. The average molecular weight is 205 g/mol. The molecule has 0 saturated carbocycles. The van der Waals surface area contributed by atoms with Crippen molar-refractivity contribution in [2.24, 2.45) is 0 Å². The molecule has 0 spiro atoms. The van der Waals surface area contributed by atoms with Gasteiger partial charge in [-0.3, -0.25) is 4.79 Å². The maximum absolute atomic E-state index is 11.1. The molecule has 6 nitrogen and oxygen atoms in total. The van der Waals surface area contributed by atoms with Gasteiger partial charge in [0.1, 0.15) is 17.5 Å². The van der Waals surface area contributed by atoms with E-state index in [0.29, 0.717) is 18.2 Å². The van der Waals surface area contributed by atoms with E-state index in [-0.39, 0.29) is 5.56 Å². The number of H-pyrrole nitrogens is 2. The summed E-state index contributed by atoms with van der Waals surface area (Å²) in [5.74, 6) is 1.94. The van der Waals surface area contributed by atoms with Crippen molar-refractivity contribution in [1.29, 1.82) is 0 Å². The van der Waals surface area contributed by atoms with Crippen LogP contribution in [0, 0.1) is 6.92 Å². The maximum Gasteiger partial charge on any atom is 0.252 e. The molecule has 0 unspecified atom stereocenters. The number of nitrogens with zero attached hydrogens (tertiary/aromatic N) is 2. The molecule has 0 radical (unpaired) electrons. The van der Waals surface area contributed by atoms with E-state index in [0.717, 1.165) is 5.82 Å². The molecule has 0 aliphatic rings. The Morgan fingerprint density at radius 3 is 3.07 bits per heavy atom. The summed E-state index contributed by atoms with van der Waals surface area (Å²) in [4.78, 5) is 24.8. The van der Waals surface area contributed by atoms with Crippen molar-refractivity contribution in [3.8, 4) is 0 Å². The largest absolute Gasteiger partial charge is 0.363 e. The van der Waals surface area contributed by atoms with Gasteiger partial charge < -0.3 is 15.3 Å². The molecule has 2 heterocycles. The van der Waals surface area contributed by atoms with Gasteiger partial charge in [-0.1, -0.05) is 0 Å². The first kappa shape index (κ1) is 9.45. The van der Waals surface area contributed by atoms with Gasteiger partial charge in [0.15, 0.2) is 0 Å². The lowest BCUT2D eigenvalue weighted by Crippen LogP contribution is -2.12. The third kappa shape index (κ3) is 2.43. The van der Waals surface area contributed by atoms with Crippen LogP contribution in [-0.2, 0) is 6.54 Å². The van der Waals surface area contributed by atoms with E-state index < -0.39 is 0 Å². The highest BCUT2D eigenvalue weighted by molar-refractivity contribution is 5.32. The number of aromatic nitrogens is 4. The summed E-state index contributed by atoms with van der Waals surface area (Å²) >= 11 is 0. The summed E-state index contributed by atoms with van der Waals surface area (Å²) in [5.41, 5.74) is -0.163. The first-order valence-corrected chi connectivity index (χ1v) is 4.54. The summed E-state index contributed by atoms with van der Waals surface area (Å²) in [6.07, 6.45) is 3.42. The van der Waals surface area contributed by atoms with Gasteiger partial charge >= 0.3 is 0 Å². The Hall–Kier alpha value is -2.11. The molecular weight excluding hydrogens is 194 g/mol. The van der Waals surface area contributed by atoms with E-state index in [1.165, 1.54) is 6.07 Å². The van der Waals surface area contributed by atoms with Crippen LogP contribution in [0.25, 0.3) is 0 Å². The molecule has 0 bridgehead atoms. The van der Waals surface area contributed by atoms with Crippen LogP contribution in [0.4, 0.5) is 5.82 Å². The van der Waals surface area contributed by atoms with E-state index in [2.05, 4.69) is 25.3 Å². The molecule has 15 heavy (non-hydrogen) atoms. The third-order valence-electron chi connectivity index (χ3n) is 1.85. The van der Waals surface area contributed by atoms with E-state index in [4.69, 9.17) is 0 Å². The summed E-state index contributed by atoms with van der Waals surface area (Å²) in [7, 11) is 0. The molecule has 2 aromatic heterocycles. The van der Waals surface area contributed by atoms with Gasteiger partial charge in [0.05, 0.1) is 6.54 Å². The van der Waals surface area contributed by atoms with Gasteiger partial charge in [-0.05, 0) is 6.92 Å². The van der Waals surface area contributed by atoms with E-state index in [1.54, 1.807) is 19.3 Å². The number of imidazole rings is 1. The molecule has 3 N–H and O–H groups in total. The molecule has 0 fully saturated rings. The van der Waals surface area contributed by atoms with Gasteiger partial charge in [-0.25, -0.2) is 9.97 Å². The molecule has 0 aliphatic heterocycles. The zero-order valence-corrected chi connectivity index (χ0v) is 8.24. The summed E-state index contributed by atoms with van der Waals surface area (Å²) in [5, 5.41) is 3.00. The Morgan fingerprint density at radius 2 is 2.40 bits per heavy atom. The second-order valence-corrected chi connectivity index (χ2v) is 3.11. The van der Waals surface area contributed by atoms with Gasteiger partial charge in [0.25, 0.3) is 5.56 Å². The molecule has 0 saturated heterocycles. The van der Waals surface area contributed by atoms with Crippen LogP contribution in [-0.4, -0.2) is 19.9 Å². The molecule has 0 atom stereocenters. The molecule has 0 aliphatic carbocycles. The number of aryl methyl sites for hydroxylation is 1. The molecule has 6 heteroatoms. The number of aromatic amines is 2. The first-order valence-electron chi connectivity index (χ1n) is 4.54. The van der Waals surface area contributed by atoms with Crippen molar-refractivity contribution in [2.45, 2.75) is 13.5 Å². The second-order valence-electron chi connectivity index (χ2n) is 3.11. The second kappa shape index (κ2) is 3.95. The maximum atomic E-state index is 11.1.